The Bertz CT molecular complexity index is 368. The van der Waals surface area contributed by atoms with Gasteiger partial charge < -0.3 is 0 Å². The predicted octanol–water partition coefficient (Wildman–Crippen LogP) is 4.76. The fraction of sp³-hybridized carbons (Fsp3) is 0.889. The first kappa shape index (κ1) is 11.6. The minimum Gasteiger partial charge on any atom is -0.0842 e. The van der Waals surface area contributed by atoms with Crippen LogP contribution in [0.2, 0.25) is 0 Å². The second-order valence-corrected chi connectivity index (χ2v) is 8.04. The van der Waals surface area contributed by atoms with E-state index < -0.39 is 0 Å². The van der Waals surface area contributed by atoms with Crippen molar-refractivity contribution in [2.24, 2.45) is 53.3 Å². The van der Waals surface area contributed by atoms with Crippen LogP contribution in [0.3, 0.4) is 0 Å². The zero-order valence-electron chi connectivity index (χ0n) is 12.2. The zero-order valence-corrected chi connectivity index (χ0v) is 12.2. The Kier molecular flexibility index (Phi) is 2.48. The second-order valence-electron chi connectivity index (χ2n) is 8.04. The summed E-state index contributed by atoms with van der Waals surface area (Å²) in [6.07, 6.45) is 11.2. The van der Waals surface area contributed by atoms with Crippen molar-refractivity contribution in [3.63, 3.8) is 0 Å². The van der Waals surface area contributed by atoms with E-state index in [0.717, 1.165) is 53.3 Å². The molecule has 9 atom stereocenters. The topological polar surface area (TPSA) is 0 Å². The van der Waals surface area contributed by atoms with Crippen LogP contribution < -0.4 is 0 Å². The Morgan fingerprint density at radius 3 is 2.17 bits per heavy atom. The third kappa shape index (κ3) is 1.38. The summed E-state index contributed by atoms with van der Waals surface area (Å²) in [5, 5.41) is 0. The monoisotopic (exact) mass is 244 g/mol. The normalized spacial score (nSPS) is 61.6. The third-order valence-electron chi connectivity index (χ3n) is 7.61. The lowest BCUT2D eigenvalue weighted by Crippen LogP contribution is -2.50. The van der Waals surface area contributed by atoms with Gasteiger partial charge in [0.05, 0.1) is 0 Å². The molecule has 0 aromatic rings. The minimum atomic E-state index is 0.980. The summed E-state index contributed by atoms with van der Waals surface area (Å²) in [6, 6.07) is 0. The highest BCUT2D eigenvalue weighted by Crippen LogP contribution is 2.61. The maximum atomic E-state index is 2.56. The lowest BCUT2D eigenvalue weighted by Gasteiger charge is -2.56. The van der Waals surface area contributed by atoms with Crippen molar-refractivity contribution in [1.82, 2.24) is 0 Å². The Morgan fingerprint density at radius 1 is 0.722 bits per heavy atom. The van der Waals surface area contributed by atoms with E-state index in [-0.39, 0.29) is 0 Å². The molecule has 0 saturated heterocycles. The number of allylic oxidation sites excluding steroid dienone is 2. The molecule has 4 aliphatic carbocycles. The number of hydrogen-bond donors (Lipinski definition) is 0. The van der Waals surface area contributed by atoms with E-state index in [1.165, 1.54) is 19.3 Å². The maximum Gasteiger partial charge on any atom is -0.0136 e. The molecule has 0 spiro atoms. The maximum absolute atomic E-state index is 2.56. The fourth-order valence-electron chi connectivity index (χ4n) is 6.13. The molecular formula is C18H28. The summed E-state index contributed by atoms with van der Waals surface area (Å²) in [4.78, 5) is 0. The van der Waals surface area contributed by atoms with Gasteiger partial charge in [-0.2, -0.15) is 0 Å². The average molecular weight is 244 g/mol. The quantitative estimate of drug-likeness (QED) is 0.539. The number of rotatable bonds is 0. The molecule has 0 amide bonds. The number of hydrogen-bond acceptors (Lipinski definition) is 0. The molecule has 0 heteroatoms. The van der Waals surface area contributed by atoms with Gasteiger partial charge in [-0.25, -0.2) is 0 Å². The van der Waals surface area contributed by atoms with Crippen LogP contribution in [0.4, 0.5) is 0 Å². The van der Waals surface area contributed by atoms with Crippen molar-refractivity contribution in [1.29, 1.82) is 0 Å². The molecule has 9 unspecified atom stereocenters. The second kappa shape index (κ2) is 3.87. The minimum absolute atomic E-state index is 0.980. The van der Waals surface area contributed by atoms with Crippen molar-refractivity contribution >= 4 is 0 Å². The van der Waals surface area contributed by atoms with Gasteiger partial charge in [-0.15, -0.1) is 0 Å². The van der Waals surface area contributed by atoms with Gasteiger partial charge in [-0.05, 0) is 78.9 Å². The summed E-state index contributed by atoms with van der Waals surface area (Å²) in [6.45, 7) is 7.64. The highest BCUT2D eigenvalue weighted by Gasteiger charge is 2.53. The average Bonchev–Trinajstić information content (AvgIpc) is 2.61. The van der Waals surface area contributed by atoms with E-state index in [4.69, 9.17) is 0 Å². The van der Waals surface area contributed by atoms with Gasteiger partial charge in [0.25, 0.3) is 0 Å². The Balaban J connectivity index is 1.58. The molecule has 0 aromatic heterocycles. The smallest absolute Gasteiger partial charge is 0.0136 e. The van der Waals surface area contributed by atoms with Gasteiger partial charge in [-0.3, -0.25) is 0 Å². The molecule has 2 bridgehead atoms. The van der Waals surface area contributed by atoms with Gasteiger partial charge in [-0.1, -0.05) is 32.9 Å². The van der Waals surface area contributed by atoms with Crippen LogP contribution in [0.15, 0.2) is 12.2 Å². The SMILES string of the molecule is CC1CC2C3C=CC3C2CCC2CC1C(C)C2C. The first-order chi connectivity index (χ1) is 8.66. The molecule has 0 aliphatic heterocycles. The van der Waals surface area contributed by atoms with Crippen molar-refractivity contribution in [3.8, 4) is 0 Å². The van der Waals surface area contributed by atoms with E-state index in [0.29, 0.717) is 0 Å². The van der Waals surface area contributed by atoms with Crippen molar-refractivity contribution in [3.05, 3.63) is 12.2 Å². The molecule has 18 heavy (non-hydrogen) atoms. The Hall–Kier alpha value is -0.260. The summed E-state index contributed by atoms with van der Waals surface area (Å²) < 4.78 is 0. The van der Waals surface area contributed by atoms with Crippen molar-refractivity contribution in [2.45, 2.75) is 46.5 Å². The first-order valence-electron chi connectivity index (χ1n) is 8.35. The van der Waals surface area contributed by atoms with E-state index in [9.17, 15) is 0 Å². The standard InChI is InChI=1S/C18H28/c1-10-8-18-15(14-6-7-16(14)18)5-4-13-9-17(10)12(3)11(13)2/h6-7,10-18H,4-5,8-9H2,1-3H3. The molecular weight excluding hydrogens is 216 g/mol. The van der Waals surface area contributed by atoms with Gasteiger partial charge in [0, 0.05) is 0 Å². The van der Waals surface area contributed by atoms with Crippen LogP contribution in [0, 0.1) is 53.3 Å². The van der Waals surface area contributed by atoms with Crippen molar-refractivity contribution < 1.29 is 0 Å². The molecule has 4 aliphatic rings. The van der Waals surface area contributed by atoms with Gasteiger partial charge in [0.15, 0.2) is 0 Å². The molecule has 0 radical (unpaired) electrons. The van der Waals surface area contributed by atoms with Crippen LogP contribution >= 0.6 is 0 Å². The van der Waals surface area contributed by atoms with E-state index >= 15 is 0 Å². The highest BCUT2D eigenvalue weighted by atomic mass is 14.6. The fourth-order valence-corrected chi connectivity index (χ4v) is 6.13. The van der Waals surface area contributed by atoms with E-state index in [2.05, 4.69) is 32.9 Å². The summed E-state index contributed by atoms with van der Waals surface area (Å²) >= 11 is 0. The third-order valence-corrected chi connectivity index (χ3v) is 7.61. The van der Waals surface area contributed by atoms with Gasteiger partial charge in [0.2, 0.25) is 0 Å². The summed E-state index contributed by atoms with van der Waals surface area (Å²) in [5.41, 5.74) is 0. The van der Waals surface area contributed by atoms with Gasteiger partial charge >= 0.3 is 0 Å². The van der Waals surface area contributed by atoms with Crippen LogP contribution in [0.5, 0.6) is 0 Å². The summed E-state index contributed by atoms with van der Waals surface area (Å²) in [7, 11) is 0. The molecule has 3 saturated carbocycles. The van der Waals surface area contributed by atoms with E-state index in [1.807, 2.05) is 0 Å². The van der Waals surface area contributed by atoms with E-state index in [1.54, 1.807) is 6.42 Å². The Labute approximate surface area is 112 Å². The summed E-state index contributed by atoms with van der Waals surface area (Å²) in [5.74, 6) is 9.18. The van der Waals surface area contributed by atoms with Gasteiger partial charge in [0.1, 0.15) is 0 Å². The molecule has 3 fully saturated rings. The predicted molar refractivity (Wildman–Crippen MR) is 76.0 cm³/mol. The van der Waals surface area contributed by atoms with Crippen LogP contribution in [-0.4, -0.2) is 0 Å². The largest absolute Gasteiger partial charge is 0.0842 e. The van der Waals surface area contributed by atoms with Crippen molar-refractivity contribution in [2.75, 3.05) is 0 Å². The molecule has 4 rings (SSSR count). The zero-order chi connectivity index (χ0) is 12.4. The lowest BCUT2D eigenvalue weighted by molar-refractivity contribution is -0.0129. The lowest BCUT2D eigenvalue weighted by atomic mass is 9.48. The molecule has 0 heterocycles. The highest BCUT2D eigenvalue weighted by molar-refractivity contribution is 5.21. The molecule has 0 nitrogen and oxygen atoms in total. The Morgan fingerprint density at radius 2 is 1.44 bits per heavy atom. The number of fused-ring (bicyclic) bond motifs is 6. The molecule has 0 N–H and O–H groups in total. The molecule has 100 valence electrons. The molecule has 0 aromatic carbocycles. The first-order valence-corrected chi connectivity index (χ1v) is 8.35. The van der Waals surface area contributed by atoms with Crippen LogP contribution in [0.1, 0.15) is 46.5 Å². The van der Waals surface area contributed by atoms with Crippen LogP contribution in [-0.2, 0) is 0 Å². The van der Waals surface area contributed by atoms with Crippen LogP contribution in [0.25, 0.3) is 0 Å².